The van der Waals surface area contributed by atoms with E-state index in [1.807, 2.05) is 20.8 Å². The molecule has 1 amide bonds. The van der Waals surface area contributed by atoms with Gasteiger partial charge in [0.15, 0.2) is 17.3 Å². The number of halogens is 1. The zero-order chi connectivity index (χ0) is 18.7. The molecule has 1 atom stereocenters. The summed E-state index contributed by atoms with van der Waals surface area (Å²) in [7, 11) is 0. The van der Waals surface area contributed by atoms with E-state index in [2.05, 4.69) is 10.5 Å². The molecule has 5 nitrogen and oxygen atoms in total. The minimum atomic E-state index is -0.419. The van der Waals surface area contributed by atoms with Gasteiger partial charge < -0.3 is 14.6 Å². The maximum Gasteiger partial charge on any atom is 0.274 e. The van der Waals surface area contributed by atoms with E-state index in [0.29, 0.717) is 5.69 Å². The molecule has 1 N–H and O–H groups in total. The molecule has 3 rings (SSSR count). The molecule has 0 fully saturated rings. The fraction of sp³-hybridized carbons (Fsp3) is 0.500. The van der Waals surface area contributed by atoms with Gasteiger partial charge in [0.05, 0.1) is 6.04 Å². The number of benzene rings is 1. The fourth-order valence-electron chi connectivity index (χ4n) is 3.03. The van der Waals surface area contributed by atoms with Gasteiger partial charge in [-0.3, -0.25) is 4.79 Å². The molecule has 6 heteroatoms. The van der Waals surface area contributed by atoms with E-state index in [-0.39, 0.29) is 29.7 Å². The van der Waals surface area contributed by atoms with Crippen LogP contribution >= 0.6 is 0 Å². The van der Waals surface area contributed by atoms with Crippen LogP contribution in [0, 0.1) is 11.2 Å². The van der Waals surface area contributed by atoms with Gasteiger partial charge in [0.25, 0.3) is 5.91 Å². The predicted molar refractivity (Wildman–Crippen MR) is 95.7 cm³/mol. The SMILES string of the molecule is CC(C)(C)C(COc1ccccc1F)NC(=O)c1noc2c1CCCC2. The Bertz CT molecular complexity index is 780. The van der Waals surface area contributed by atoms with Crippen molar-refractivity contribution in [1.29, 1.82) is 0 Å². The van der Waals surface area contributed by atoms with Crippen LogP contribution < -0.4 is 10.1 Å². The maximum absolute atomic E-state index is 13.8. The third-order valence-corrected chi connectivity index (χ3v) is 4.76. The number of aryl methyl sites for hydroxylation is 1. The number of ether oxygens (including phenoxy) is 1. The second kappa shape index (κ2) is 7.48. The minimum absolute atomic E-state index is 0.163. The van der Waals surface area contributed by atoms with Crippen LogP contribution in [0.25, 0.3) is 0 Å². The highest BCUT2D eigenvalue weighted by atomic mass is 19.1. The van der Waals surface area contributed by atoms with Crippen molar-refractivity contribution in [2.75, 3.05) is 6.61 Å². The monoisotopic (exact) mass is 360 g/mol. The Kier molecular flexibility index (Phi) is 5.30. The van der Waals surface area contributed by atoms with Crippen LogP contribution in [-0.2, 0) is 12.8 Å². The van der Waals surface area contributed by atoms with E-state index >= 15 is 0 Å². The third kappa shape index (κ3) is 4.06. The lowest BCUT2D eigenvalue weighted by Crippen LogP contribution is -2.47. The van der Waals surface area contributed by atoms with Gasteiger partial charge in [-0.2, -0.15) is 0 Å². The average Bonchev–Trinajstić information content (AvgIpc) is 3.03. The van der Waals surface area contributed by atoms with Crippen molar-refractivity contribution >= 4 is 5.91 Å². The molecule has 1 heterocycles. The van der Waals surface area contributed by atoms with Crippen LogP contribution in [0.15, 0.2) is 28.8 Å². The minimum Gasteiger partial charge on any atom is -0.488 e. The Labute approximate surface area is 152 Å². The number of para-hydroxylation sites is 1. The highest BCUT2D eigenvalue weighted by molar-refractivity contribution is 5.94. The molecule has 0 bridgehead atoms. The third-order valence-electron chi connectivity index (χ3n) is 4.76. The number of hydrogen-bond donors (Lipinski definition) is 1. The molecule has 0 saturated carbocycles. The molecular formula is C20H25FN2O3. The van der Waals surface area contributed by atoms with Crippen molar-refractivity contribution in [1.82, 2.24) is 10.5 Å². The van der Waals surface area contributed by atoms with Crippen molar-refractivity contribution < 1.29 is 18.4 Å². The number of rotatable bonds is 5. The Hall–Kier alpha value is -2.37. The largest absolute Gasteiger partial charge is 0.488 e. The standard InChI is InChI=1S/C20H25FN2O3/c1-20(2,3)17(12-25-16-11-7-5-9-14(16)21)22-19(24)18-13-8-4-6-10-15(13)26-23-18/h5,7,9,11,17H,4,6,8,10,12H2,1-3H3,(H,22,24). The molecule has 1 unspecified atom stereocenters. The van der Waals surface area contributed by atoms with Crippen LogP contribution in [-0.4, -0.2) is 23.7 Å². The Morgan fingerprint density at radius 2 is 2.04 bits per heavy atom. The Morgan fingerprint density at radius 3 is 2.77 bits per heavy atom. The van der Waals surface area contributed by atoms with E-state index in [1.54, 1.807) is 18.2 Å². The first-order chi connectivity index (χ1) is 12.4. The van der Waals surface area contributed by atoms with Crippen LogP contribution in [0.1, 0.15) is 55.4 Å². The molecule has 0 radical (unpaired) electrons. The van der Waals surface area contributed by atoms with Crippen LogP contribution in [0.2, 0.25) is 0 Å². The summed E-state index contributed by atoms with van der Waals surface area (Å²) >= 11 is 0. The lowest BCUT2D eigenvalue weighted by Gasteiger charge is -2.31. The fourth-order valence-corrected chi connectivity index (χ4v) is 3.03. The van der Waals surface area contributed by atoms with Crippen molar-refractivity contribution in [3.05, 3.63) is 47.1 Å². The summed E-state index contributed by atoms with van der Waals surface area (Å²) < 4.78 is 24.7. The molecule has 26 heavy (non-hydrogen) atoms. The highest BCUT2D eigenvalue weighted by Gasteiger charge is 2.31. The van der Waals surface area contributed by atoms with Gasteiger partial charge in [-0.1, -0.05) is 38.1 Å². The van der Waals surface area contributed by atoms with E-state index in [9.17, 15) is 9.18 Å². The number of hydrogen-bond acceptors (Lipinski definition) is 4. The van der Waals surface area contributed by atoms with Gasteiger partial charge in [-0.25, -0.2) is 4.39 Å². The zero-order valence-electron chi connectivity index (χ0n) is 15.5. The van der Waals surface area contributed by atoms with Crippen LogP contribution in [0.5, 0.6) is 5.75 Å². The first-order valence-electron chi connectivity index (χ1n) is 9.02. The molecule has 0 aliphatic heterocycles. The van der Waals surface area contributed by atoms with E-state index < -0.39 is 5.82 Å². The number of carbonyl (C=O) groups excluding carboxylic acids is 1. The number of nitrogens with zero attached hydrogens (tertiary/aromatic N) is 1. The lowest BCUT2D eigenvalue weighted by molar-refractivity contribution is 0.0850. The zero-order valence-corrected chi connectivity index (χ0v) is 15.5. The smallest absolute Gasteiger partial charge is 0.274 e. The van der Waals surface area contributed by atoms with Gasteiger partial charge in [0.1, 0.15) is 12.4 Å². The van der Waals surface area contributed by atoms with Gasteiger partial charge in [-0.05, 0) is 36.8 Å². The molecule has 1 aromatic heterocycles. The van der Waals surface area contributed by atoms with Crippen molar-refractivity contribution in [2.45, 2.75) is 52.5 Å². The molecule has 140 valence electrons. The van der Waals surface area contributed by atoms with Crippen molar-refractivity contribution in [3.63, 3.8) is 0 Å². The van der Waals surface area contributed by atoms with Crippen LogP contribution in [0.4, 0.5) is 4.39 Å². The first kappa shape index (κ1) is 18.4. The second-order valence-corrected chi connectivity index (χ2v) is 7.77. The molecule has 2 aromatic rings. The molecule has 1 aliphatic rings. The number of nitrogens with one attached hydrogen (secondary N) is 1. The van der Waals surface area contributed by atoms with E-state index in [1.165, 1.54) is 6.07 Å². The summed E-state index contributed by atoms with van der Waals surface area (Å²) in [5.74, 6) is 0.303. The maximum atomic E-state index is 13.8. The quantitative estimate of drug-likeness (QED) is 0.878. The molecule has 1 aliphatic carbocycles. The molecule has 0 spiro atoms. The van der Waals surface area contributed by atoms with Gasteiger partial charge >= 0.3 is 0 Å². The average molecular weight is 360 g/mol. The summed E-state index contributed by atoms with van der Waals surface area (Å²) in [4.78, 5) is 12.7. The summed E-state index contributed by atoms with van der Waals surface area (Å²) in [6, 6.07) is 5.93. The normalized spacial score (nSPS) is 15.2. The number of fused-ring (bicyclic) bond motifs is 1. The molecule has 0 saturated heterocycles. The molecule has 1 aromatic carbocycles. The first-order valence-corrected chi connectivity index (χ1v) is 9.02. The number of aromatic nitrogens is 1. The van der Waals surface area contributed by atoms with Gasteiger partial charge in [0, 0.05) is 12.0 Å². The predicted octanol–water partition coefficient (Wildman–Crippen LogP) is 3.92. The topological polar surface area (TPSA) is 64.4 Å². The number of carbonyl (C=O) groups is 1. The Morgan fingerprint density at radius 1 is 1.31 bits per heavy atom. The van der Waals surface area contributed by atoms with Gasteiger partial charge in [0.2, 0.25) is 0 Å². The van der Waals surface area contributed by atoms with Crippen molar-refractivity contribution in [3.8, 4) is 5.75 Å². The van der Waals surface area contributed by atoms with Crippen molar-refractivity contribution in [2.24, 2.45) is 5.41 Å². The molecular weight excluding hydrogens is 335 g/mol. The summed E-state index contributed by atoms with van der Waals surface area (Å²) in [6.45, 7) is 6.17. The number of amides is 1. The second-order valence-electron chi connectivity index (χ2n) is 7.77. The van der Waals surface area contributed by atoms with Crippen LogP contribution in [0.3, 0.4) is 0 Å². The van der Waals surface area contributed by atoms with E-state index in [4.69, 9.17) is 9.26 Å². The van der Waals surface area contributed by atoms with E-state index in [0.717, 1.165) is 37.0 Å². The summed E-state index contributed by atoms with van der Waals surface area (Å²) in [5, 5.41) is 6.97. The highest BCUT2D eigenvalue weighted by Crippen LogP contribution is 2.26. The van der Waals surface area contributed by atoms with Gasteiger partial charge in [-0.15, -0.1) is 0 Å². The summed E-state index contributed by atoms with van der Waals surface area (Å²) in [5.41, 5.74) is 1.00. The Balaban J connectivity index is 1.71. The lowest BCUT2D eigenvalue weighted by atomic mass is 9.87. The summed E-state index contributed by atoms with van der Waals surface area (Å²) in [6.07, 6.45) is 3.74.